The molecule has 0 aromatic rings. The number of ether oxygens (including phenoxy) is 1. The van der Waals surface area contributed by atoms with Gasteiger partial charge in [-0.15, -0.1) is 0 Å². The lowest BCUT2D eigenvalue weighted by Crippen LogP contribution is -2.33. The van der Waals surface area contributed by atoms with Crippen molar-refractivity contribution in [2.24, 2.45) is 11.8 Å². The van der Waals surface area contributed by atoms with Crippen molar-refractivity contribution in [3.8, 4) is 0 Å². The van der Waals surface area contributed by atoms with Crippen LogP contribution < -0.4 is 0 Å². The van der Waals surface area contributed by atoms with Crippen LogP contribution in [0.2, 0.25) is 0 Å². The van der Waals surface area contributed by atoms with Gasteiger partial charge in [-0.1, -0.05) is 5.57 Å². The maximum Gasteiger partial charge on any atom is 0.330 e. The van der Waals surface area contributed by atoms with Gasteiger partial charge in [-0.2, -0.15) is 0 Å². The van der Waals surface area contributed by atoms with Crippen molar-refractivity contribution < 1.29 is 15.7 Å². The SMILES string of the molecule is [2H]/C(C(=O)OCC)=C1/C[C@H]2CC[C@@H]1C(=O)C2. The molecule has 0 radical (unpaired) electrons. The first kappa shape index (κ1) is 9.13. The van der Waals surface area contributed by atoms with Crippen LogP contribution in [-0.2, 0) is 14.3 Å². The molecule has 3 heteroatoms. The first-order valence-electron chi connectivity index (χ1n) is 6.03. The Morgan fingerprint density at radius 3 is 3.00 bits per heavy atom. The van der Waals surface area contributed by atoms with Crippen LogP contribution in [0.1, 0.15) is 34.0 Å². The number of carbonyl (C=O) groups is 2. The van der Waals surface area contributed by atoms with E-state index >= 15 is 0 Å². The zero-order valence-corrected chi connectivity index (χ0v) is 8.91. The van der Waals surface area contributed by atoms with Gasteiger partial charge in [0.25, 0.3) is 0 Å². The summed E-state index contributed by atoms with van der Waals surface area (Å²) in [5, 5.41) is 0. The van der Waals surface area contributed by atoms with Crippen LogP contribution in [0.3, 0.4) is 0 Å². The molecule has 3 aliphatic carbocycles. The van der Waals surface area contributed by atoms with Crippen molar-refractivity contribution in [1.29, 1.82) is 0 Å². The third-order valence-electron chi connectivity index (χ3n) is 3.21. The fourth-order valence-electron chi connectivity index (χ4n) is 2.52. The number of esters is 1. The van der Waals surface area contributed by atoms with E-state index in [1.807, 2.05) is 0 Å². The number of rotatable bonds is 2. The van der Waals surface area contributed by atoms with Crippen LogP contribution in [0, 0.1) is 11.8 Å². The molecule has 3 aliphatic rings. The summed E-state index contributed by atoms with van der Waals surface area (Å²) in [6, 6.07) is -0.0791. The molecule has 3 fully saturated rings. The van der Waals surface area contributed by atoms with Gasteiger partial charge < -0.3 is 4.74 Å². The number of hydrogen-bond donors (Lipinski definition) is 0. The lowest BCUT2D eigenvalue weighted by Gasteiger charge is -2.36. The molecule has 3 nitrogen and oxygen atoms in total. The van der Waals surface area contributed by atoms with E-state index in [4.69, 9.17) is 6.11 Å². The summed E-state index contributed by atoms with van der Waals surface area (Å²) in [4.78, 5) is 23.1. The second-order valence-electron chi connectivity index (χ2n) is 4.24. The van der Waals surface area contributed by atoms with Crippen LogP contribution >= 0.6 is 0 Å². The molecule has 0 spiro atoms. The molecule has 3 rings (SSSR count). The summed E-state index contributed by atoms with van der Waals surface area (Å²) >= 11 is 0. The average molecular weight is 209 g/mol. The summed E-state index contributed by atoms with van der Waals surface area (Å²) in [6.07, 6.45) is 3.22. The average Bonchev–Trinajstić information content (AvgIpc) is 2.28. The highest BCUT2D eigenvalue weighted by molar-refractivity contribution is 5.89. The van der Waals surface area contributed by atoms with Gasteiger partial charge in [0, 0.05) is 18.4 Å². The van der Waals surface area contributed by atoms with Crippen LogP contribution in [0.15, 0.2) is 11.6 Å². The van der Waals surface area contributed by atoms with Gasteiger partial charge in [0.05, 0.1) is 7.98 Å². The van der Waals surface area contributed by atoms with E-state index in [2.05, 4.69) is 0 Å². The van der Waals surface area contributed by atoms with E-state index in [1.54, 1.807) is 6.92 Å². The molecule has 15 heavy (non-hydrogen) atoms. The van der Waals surface area contributed by atoms with E-state index in [-0.39, 0.29) is 24.4 Å². The number of ketones is 1. The second kappa shape index (κ2) is 4.17. The summed E-state index contributed by atoms with van der Waals surface area (Å²) in [7, 11) is 0. The Morgan fingerprint density at radius 1 is 1.60 bits per heavy atom. The fraction of sp³-hybridized carbons (Fsp3) is 0.667. The lowest BCUT2D eigenvalue weighted by molar-refractivity contribution is -0.137. The van der Waals surface area contributed by atoms with Gasteiger partial charge in [0.15, 0.2) is 0 Å². The Hall–Kier alpha value is -1.12. The lowest BCUT2D eigenvalue weighted by atomic mass is 9.67. The predicted molar refractivity (Wildman–Crippen MR) is 55.2 cm³/mol. The molecule has 0 saturated heterocycles. The normalized spacial score (nSPS) is 33.7. The molecule has 2 bridgehead atoms. The summed E-state index contributed by atoms with van der Waals surface area (Å²) in [6.45, 7) is 1.99. The Labute approximate surface area is 90.9 Å². The molecule has 0 aromatic heterocycles. The van der Waals surface area contributed by atoms with E-state index in [0.717, 1.165) is 19.3 Å². The van der Waals surface area contributed by atoms with E-state index < -0.39 is 5.97 Å². The molecular formula is C12H16O3. The summed E-state index contributed by atoms with van der Waals surface area (Å²) in [5.74, 6) is -0.214. The third kappa shape index (κ3) is 2.11. The number of hydrogen-bond acceptors (Lipinski definition) is 3. The third-order valence-corrected chi connectivity index (χ3v) is 3.21. The molecule has 0 amide bonds. The Balaban J connectivity index is 2.23. The Morgan fingerprint density at radius 2 is 2.40 bits per heavy atom. The predicted octanol–water partition coefficient (Wildman–Crippen LogP) is 1.86. The van der Waals surface area contributed by atoms with Crippen molar-refractivity contribution in [1.82, 2.24) is 0 Å². The smallest absolute Gasteiger partial charge is 0.330 e. The maximum atomic E-state index is 11.7. The van der Waals surface area contributed by atoms with Crippen molar-refractivity contribution in [3.05, 3.63) is 11.6 Å². The number of fused-ring (bicyclic) bond motifs is 3. The van der Waals surface area contributed by atoms with E-state index in [0.29, 0.717) is 17.9 Å². The first-order chi connectivity index (χ1) is 7.63. The highest BCUT2D eigenvalue weighted by atomic mass is 16.5. The van der Waals surface area contributed by atoms with E-state index in [1.165, 1.54) is 0 Å². The largest absolute Gasteiger partial charge is 0.463 e. The van der Waals surface area contributed by atoms with Crippen LogP contribution in [0.4, 0.5) is 0 Å². The van der Waals surface area contributed by atoms with Crippen molar-refractivity contribution >= 4 is 11.8 Å². The summed E-state index contributed by atoms with van der Waals surface area (Å²) < 4.78 is 12.6. The molecule has 0 aromatic carbocycles. The van der Waals surface area contributed by atoms with Crippen LogP contribution in [0.5, 0.6) is 0 Å². The van der Waals surface area contributed by atoms with Gasteiger partial charge in [0.1, 0.15) is 5.78 Å². The standard InChI is InChI=1S/C12H16O3/c1-2-15-12(14)7-9-5-8-3-4-10(9)11(13)6-8/h7-8,10H,2-6H2,1H3/b9-7+/t8-,10+/m1/s1/i7D. The monoisotopic (exact) mass is 209 g/mol. The quantitative estimate of drug-likeness (QED) is 0.515. The molecule has 82 valence electrons. The van der Waals surface area contributed by atoms with E-state index in [9.17, 15) is 9.59 Å². The van der Waals surface area contributed by atoms with Gasteiger partial charge in [-0.05, 0) is 32.1 Å². The van der Waals surface area contributed by atoms with Crippen molar-refractivity contribution in [2.45, 2.75) is 32.6 Å². The number of carbonyl (C=O) groups excluding carboxylic acids is 2. The first-order valence-corrected chi connectivity index (χ1v) is 5.53. The minimum Gasteiger partial charge on any atom is -0.463 e. The van der Waals surface area contributed by atoms with Gasteiger partial charge in [-0.3, -0.25) is 4.79 Å². The fourth-order valence-corrected chi connectivity index (χ4v) is 2.52. The van der Waals surface area contributed by atoms with Crippen LogP contribution in [0.25, 0.3) is 0 Å². The summed E-state index contributed by atoms with van der Waals surface area (Å²) in [5.41, 5.74) is 0.714. The molecule has 0 N–H and O–H groups in total. The molecule has 0 aliphatic heterocycles. The van der Waals surface area contributed by atoms with Gasteiger partial charge >= 0.3 is 5.97 Å². The number of Topliss-reactive ketones (excluding diaryl/α,β-unsaturated/α-hetero) is 1. The molecule has 2 atom stereocenters. The highest BCUT2D eigenvalue weighted by Gasteiger charge is 2.37. The molecular weight excluding hydrogens is 192 g/mol. The van der Waals surface area contributed by atoms with Crippen molar-refractivity contribution in [3.63, 3.8) is 0 Å². The Kier molecular flexibility index (Phi) is 2.54. The second-order valence-corrected chi connectivity index (χ2v) is 4.24. The zero-order valence-electron chi connectivity index (χ0n) is 9.91. The molecule has 0 unspecified atom stereocenters. The Bertz CT molecular complexity index is 359. The minimum absolute atomic E-state index is 0.0791. The molecule has 3 saturated carbocycles. The van der Waals surface area contributed by atoms with Gasteiger partial charge in [0.2, 0.25) is 0 Å². The van der Waals surface area contributed by atoms with Crippen LogP contribution in [-0.4, -0.2) is 18.4 Å². The van der Waals surface area contributed by atoms with Crippen molar-refractivity contribution in [2.75, 3.05) is 6.61 Å². The molecule has 0 heterocycles. The number of allylic oxidation sites excluding steroid dienone is 1. The minimum atomic E-state index is -0.585. The van der Waals surface area contributed by atoms with Gasteiger partial charge in [-0.25, -0.2) is 4.79 Å². The topological polar surface area (TPSA) is 43.4 Å². The zero-order chi connectivity index (χ0) is 11.7. The highest BCUT2D eigenvalue weighted by Crippen LogP contribution is 2.42. The maximum absolute atomic E-state index is 11.7.